The van der Waals surface area contributed by atoms with Gasteiger partial charge in [0.25, 0.3) is 0 Å². The molecule has 0 atom stereocenters. The SMILES string of the molecule is CN(Cc1ccoc1)c1cc2[nH]c(=O)oc2cc1N. The molecule has 0 unspecified atom stereocenters. The Morgan fingerprint density at radius 1 is 1.42 bits per heavy atom. The number of nitrogens with two attached hydrogens (primary N) is 1. The number of nitrogen functional groups attached to an aromatic ring is 1. The van der Waals surface area contributed by atoms with Crippen molar-refractivity contribution >= 4 is 22.5 Å². The maximum Gasteiger partial charge on any atom is 0.417 e. The molecule has 0 radical (unpaired) electrons. The number of nitrogens with zero attached hydrogens (tertiary/aromatic N) is 1. The molecule has 6 heteroatoms. The van der Waals surface area contributed by atoms with E-state index in [0.717, 1.165) is 11.3 Å². The zero-order valence-electron chi connectivity index (χ0n) is 10.3. The van der Waals surface area contributed by atoms with Crippen LogP contribution in [0.2, 0.25) is 0 Å². The molecule has 19 heavy (non-hydrogen) atoms. The van der Waals surface area contributed by atoms with E-state index >= 15 is 0 Å². The van der Waals surface area contributed by atoms with E-state index in [0.29, 0.717) is 23.3 Å². The Bertz CT molecular complexity index is 755. The van der Waals surface area contributed by atoms with Gasteiger partial charge in [-0.1, -0.05) is 0 Å². The van der Waals surface area contributed by atoms with Crippen LogP contribution in [-0.4, -0.2) is 12.0 Å². The van der Waals surface area contributed by atoms with Crippen molar-refractivity contribution in [1.29, 1.82) is 0 Å². The van der Waals surface area contributed by atoms with Gasteiger partial charge < -0.3 is 19.5 Å². The average Bonchev–Trinajstić information content (AvgIpc) is 2.96. The fourth-order valence-corrected chi connectivity index (χ4v) is 2.07. The van der Waals surface area contributed by atoms with Crippen molar-refractivity contribution in [2.24, 2.45) is 0 Å². The summed E-state index contributed by atoms with van der Waals surface area (Å²) in [5.41, 5.74) is 9.50. The van der Waals surface area contributed by atoms with E-state index in [1.807, 2.05) is 18.0 Å². The fourth-order valence-electron chi connectivity index (χ4n) is 2.07. The number of aromatic amines is 1. The number of benzene rings is 1. The van der Waals surface area contributed by atoms with E-state index in [9.17, 15) is 4.79 Å². The number of hydrogen-bond acceptors (Lipinski definition) is 5. The number of nitrogens with one attached hydrogen (secondary N) is 1. The largest absolute Gasteiger partial charge is 0.472 e. The zero-order valence-corrected chi connectivity index (χ0v) is 10.3. The van der Waals surface area contributed by atoms with E-state index in [4.69, 9.17) is 14.6 Å². The van der Waals surface area contributed by atoms with Gasteiger partial charge in [0.2, 0.25) is 0 Å². The first-order valence-electron chi connectivity index (χ1n) is 5.78. The summed E-state index contributed by atoms with van der Waals surface area (Å²) in [6, 6.07) is 5.34. The van der Waals surface area contributed by atoms with Crippen LogP contribution in [0.5, 0.6) is 0 Å². The van der Waals surface area contributed by atoms with Gasteiger partial charge in [0.1, 0.15) is 0 Å². The molecule has 0 saturated heterocycles. The number of H-pyrrole nitrogens is 1. The lowest BCUT2D eigenvalue weighted by Gasteiger charge is -2.20. The minimum absolute atomic E-state index is 0.461. The number of rotatable bonds is 3. The van der Waals surface area contributed by atoms with Gasteiger partial charge in [-0.05, 0) is 12.1 Å². The fraction of sp³-hybridized carbons (Fsp3) is 0.154. The molecule has 98 valence electrons. The third kappa shape index (κ3) is 2.08. The lowest BCUT2D eigenvalue weighted by Crippen LogP contribution is -2.17. The quantitative estimate of drug-likeness (QED) is 0.702. The summed E-state index contributed by atoms with van der Waals surface area (Å²) in [7, 11) is 1.92. The van der Waals surface area contributed by atoms with Crippen LogP contribution in [0.25, 0.3) is 11.1 Å². The smallest absolute Gasteiger partial charge is 0.417 e. The molecule has 3 rings (SSSR count). The average molecular weight is 259 g/mol. The third-order valence-corrected chi connectivity index (χ3v) is 2.98. The van der Waals surface area contributed by atoms with Crippen molar-refractivity contribution in [2.45, 2.75) is 6.54 Å². The summed E-state index contributed by atoms with van der Waals surface area (Å²) >= 11 is 0. The topological polar surface area (TPSA) is 88.4 Å². The molecule has 2 aromatic heterocycles. The molecular weight excluding hydrogens is 246 g/mol. The summed E-state index contributed by atoms with van der Waals surface area (Å²) in [4.78, 5) is 15.7. The second-order valence-corrected chi connectivity index (χ2v) is 4.41. The van der Waals surface area contributed by atoms with Gasteiger partial charge >= 0.3 is 5.76 Å². The van der Waals surface area contributed by atoms with Crippen LogP contribution in [0.1, 0.15) is 5.56 Å². The number of fused-ring (bicyclic) bond motifs is 1. The van der Waals surface area contributed by atoms with E-state index in [2.05, 4.69) is 4.98 Å². The summed E-state index contributed by atoms with van der Waals surface area (Å²) in [6.07, 6.45) is 3.31. The molecule has 0 bridgehead atoms. The highest BCUT2D eigenvalue weighted by Gasteiger charge is 2.11. The van der Waals surface area contributed by atoms with Crippen molar-refractivity contribution in [2.75, 3.05) is 17.7 Å². The van der Waals surface area contributed by atoms with Gasteiger partial charge in [0.15, 0.2) is 5.58 Å². The van der Waals surface area contributed by atoms with Gasteiger partial charge in [-0.25, -0.2) is 4.79 Å². The molecule has 0 aliphatic heterocycles. The Kier molecular flexibility index (Phi) is 2.56. The second-order valence-electron chi connectivity index (χ2n) is 4.41. The van der Waals surface area contributed by atoms with Crippen LogP contribution in [0, 0.1) is 0 Å². The van der Waals surface area contributed by atoms with Crippen molar-refractivity contribution in [3.05, 3.63) is 46.8 Å². The molecule has 3 aromatic rings. The van der Waals surface area contributed by atoms with Crippen molar-refractivity contribution < 1.29 is 8.83 Å². The minimum Gasteiger partial charge on any atom is -0.472 e. The Labute approximate surface area is 108 Å². The number of furan rings is 1. The highest BCUT2D eigenvalue weighted by molar-refractivity contribution is 5.85. The minimum atomic E-state index is -0.482. The first-order valence-corrected chi connectivity index (χ1v) is 5.78. The lowest BCUT2D eigenvalue weighted by atomic mass is 10.2. The monoisotopic (exact) mass is 259 g/mol. The first kappa shape index (κ1) is 11.5. The van der Waals surface area contributed by atoms with Gasteiger partial charge in [-0.3, -0.25) is 4.98 Å². The molecule has 0 amide bonds. The van der Waals surface area contributed by atoms with E-state index in [1.165, 1.54) is 0 Å². The summed E-state index contributed by atoms with van der Waals surface area (Å²) < 4.78 is 10.00. The van der Waals surface area contributed by atoms with E-state index in [-0.39, 0.29) is 0 Å². The maximum absolute atomic E-state index is 11.1. The molecule has 0 saturated carbocycles. The van der Waals surface area contributed by atoms with Crippen LogP contribution in [0.4, 0.5) is 11.4 Å². The van der Waals surface area contributed by atoms with Gasteiger partial charge in [0.05, 0.1) is 29.4 Å². The molecule has 6 nitrogen and oxygen atoms in total. The summed E-state index contributed by atoms with van der Waals surface area (Å²) in [5, 5.41) is 0. The van der Waals surface area contributed by atoms with Gasteiger partial charge in [0, 0.05) is 25.2 Å². The van der Waals surface area contributed by atoms with Crippen molar-refractivity contribution in [3.63, 3.8) is 0 Å². The van der Waals surface area contributed by atoms with Crippen LogP contribution in [0.15, 0.2) is 44.4 Å². The standard InChI is InChI=1S/C13H13N3O3/c1-16(6-8-2-3-18-7-8)11-5-10-12(4-9(11)14)19-13(17)15-10/h2-5,7H,6,14H2,1H3,(H,15,17). The predicted molar refractivity (Wildman–Crippen MR) is 72.1 cm³/mol. The predicted octanol–water partition coefficient (Wildman–Crippen LogP) is 1.93. The summed E-state index contributed by atoms with van der Waals surface area (Å²) in [6.45, 7) is 0.661. The Morgan fingerprint density at radius 2 is 2.26 bits per heavy atom. The molecular formula is C13H13N3O3. The molecule has 0 spiro atoms. The molecule has 2 heterocycles. The van der Waals surface area contributed by atoms with Gasteiger partial charge in [-0.2, -0.15) is 0 Å². The molecule has 0 fully saturated rings. The highest BCUT2D eigenvalue weighted by Crippen LogP contribution is 2.28. The van der Waals surface area contributed by atoms with Crippen LogP contribution in [0.3, 0.4) is 0 Å². The van der Waals surface area contributed by atoms with E-state index < -0.39 is 5.76 Å². The number of hydrogen-bond donors (Lipinski definition) is 2. The van der Waals surface area contributed by atoms with Crippen LogP contribution in [-0.2, 0) is 6.54 Å². The number of aromatic nitrogens is 1. The maximum atomic E-state index is 11.1. The van der Waals surface area contributed by atoms with Crippen LogP contribution < -0.4 is 16.4 Å². The molecule has 0 aliphatic rings. The highest BCUT2D eigenvalue weighted by atomic mass is 16.4. The third-order valence-electron chi connectivity index (χ3n) is 2.98. The van der Waals surface area contributed by atoms with Gasteiger partial charge in [-0.15, -0.1) is 0 Å². The Balaban J connectivity index is 1.99. The van der Waals surface area contributed by atoms with Crippen molar-refractivity contribution in [1.82, 2.24) is 4.98 Å². The normalized spacial score (nSPS) is 11.0. The molecule has 3 N–H and O–H groups in total. The molecule has 1 aromatic carbocycles. The van der Waals surface area contributed by atoms with Crippen molar-refractivity contribution in [3.8, 4) is 0 Å². The summed E-state index contributed by atoms with van der Waals surface area (Å²) in [5.74, 6) is -0.482. The number of oxazole rings is 1. The second kappa shape index (κ2) is 4.24. The Morgan fingerprint density at radius 3 is 3.00 bits per heavy atom. The Hall–Kier alpha value is -2.63. The van der Waals surface area contributed by atoms with E-state index in [1.54, 1.807) is 24.7 Å². The first-order chi connectivity index (χ1) is 9.13. The lowest BCUT2D eigenvalue weighted by molar-refractivity contribution is 0.555. The number of anilines is 2. The molecule has 0 aliphatic carbocycles. The van der Waals surface area contributed by atoms with Crippen LogP contribution >= 0.6 is 0 Å². The zero-order chi connectivity index (χ0) is 13.4.